The Morgan fingerprint density at radius 1 is 1.06 bits per heavy atom. The topological polar surface area (TPSA) is 20.2 Å². The molecule has 96 valence electrons. The smallest absolute Gasteiger partial charge is 0.0790 e. The van der Waals surface area contributed by atoms with E-state index in [1.54, 1.807) is 0 Å². The third-order valence-corrected chi connectivity index (χ3v) is 3.03. The van der Waals surface area contributed by atoms with Crippen LogP contribution < -0.4 is 0 Å². The van der Waals surface area contributed by atoms with Gasteiger partial charge in [0, 0.05) is 0 Å². The normalized spacial score (nSPS) is 13.8. The van der Waals surface area contributed by atoms with Crippen LogP contribution in [-0.2, 0) is 0 Å². The lowest BCUT2D eigenvalue weighted by molar-refractivity contribution is 0.158. The van der Waals surface area contributed by atoms with Crippen LogP contribution in [0.4, 0.5) is 0 Å². The molecule has 1 atom stereocenters. The van der Waals surface area contributed by atoms with Gasteiger partial charge >= 0.3 is 0 Å². The van der Waals surface area contributed by atoms with Crippen molar-refractivity contribution in [2.75, 3.05) is 0 Å². The zero-order chi connectivity index (χ0) is 13.1. The second-order valence-corrected chi connectivity index (χ2v) is 6.39. The second kappa shape index (κ2) is 5.68. The molecule has 0 bridgehead atoms. The first-order valence-electron chi connectivity index (χ1n) is 6.54. The molecule has 1 unspecified atom stereocenters. The molecule has 0 aliphatic rings. The lowest BCUT2D eigenvalue weighted by Gasteiger charge is -2.19. The van der Waals surface area contributed by atoms with E-state index in [1.807, 2.05) is 0 Å². The molecule has 17 heavy (non-hydrogen) atoms. The van der Waals surface area contributed by atoms with E-state index in [9.17, 15) is 5.11 Å². The van der Waals surface area contributed by atoms with Gasteiger partial charge in [-0.2, -0.15) is 0 Å². The molecule has 0 aliphatic heterocycles. The lowest BCUT2D eigenvalue weighted by atomic mass is 9.88. The molecule has 0 heterocycles. The molecular formula is C16H26O. The third-order valence-electron chi connectivity index (χ3n) is 3.03. The molecule has 0 aliphatic carbocycles. The van der Waals surface area contributed by atoms with Gasteiger partial charge in [0.2, 0.25) is 0 Å². The molecule has 0 spiro atoms. The largest absolute Gasteiger partial charge is 0.388 e. The van der Waals surface area contributed by atoms with Gasteiger partial charge in [0.15, 0.2) is 0 Å². The Bertz CT molecular complexity index is 340. The van der Waals surface area contributed by atoms with Gasteiger partial charge in [0.05, 0.1) is 6.10 Å². The van der Waals surface area contributed by atoms with Crippen LogP contribution in [0.25, 0.3) is 0 Å². The van der Waals surface area contributed by atoms with Gasteiger partial charge in [-0.1, -0.05) is 56.5 Å². The summed E-state index contributed by atoms with van der Waals surface area (Å²) in [5.41, 5.74) is 3.89. The van der Waals surface area contributed by atoms with Gasteiger partial charge in [-0.25, -0.2) is 0 Å². The molecule has 0 fully saturated rings. The zero-order valence-corrected chi connectivity index (χ0v) is 11.9. The highest BCUT2D eigenvalue weighted by molar-refractivity contribution is 5.29. The summed E-state index contributed by atoms with van der Waals surface area (Å²) in [5, 5.41) is 10.2. The van der Waals surface area contributed by atoms with Crippen LogP contribution in [0.3, 0.4) is 0 Å². The molecule has 0 saturated carbocycles. The van der Waals surface area contributed by atoms with Crippen LogP contribution in [0.15, 0.2) is 18.2 Å². The van der Waals surface area contributed by atoms with E-state index in [-0.39, 0.29) is 6.10 Å². The summed E-state index contributed by atoms with van der Waals surface area (Å²) < 4.78 is 0. The van der Waals surface area contributed by atoms with Crippen molar-refractivity contribution < 1.29 is 5.11 Å². The van der Waals surface area contributed by atoms with Crippen molar-refractivity contribution >= 4 is 0 Å². The molecule has 0 radical (unpaired) electrons. The molecule has 1 nitrogen and oxygen atoms in total. The number of aliphatic hydroxyl groups excluding tert-OH is 1. The van der Waals surface area contributed by atoms with Gasteiger partial charge in [0.1, 0.15) is 0 Å². The first kappa shape index (κ1) is 14.2. The summed E-state index contributed by atoms with van der Waals surface area (Å²) in [6, 6.07) is 6.33. The Hall–Kier alpha value is -0.820. The maximum Gasteiger partial charge on any atom is 0.0790 e. The molecule has 1 aromatic rings. The van der Waals surface area contributed by atoms with Crippen LogP contribution in [0, 0.1) is 19.3 Å². The third kappa shape index (κ3) is 5.36. The summed E-state index contributed by atoms with van der Waals surface area (Å²) in [5.74, 6) is 0. The highest BCUT2D eigenvalue weighted by atomic mass is 16.3. The van der Waals surface area contributed by atoms with E-state index < -0.39 is 0 Å². The SMILES string of the molecule is Cc1cc(C)cc(C(O)CCCC(C)(C)C)c1. The van der Waals surface area contributed by atoms with Gasteiger partial charge < -0.3 is 5.11 Å². The number of hydrogen-bond acceptors (Lipinski definition) is 1. The van der Waals surface area contributed by atoms with Gasteiger partial charge in [-0.05, 0) is 37.7 Å². The summed E-state index contributed by atoms with van der Waals surface area (Å²) in [7, 11) is 0. The number of rotatable bonds is 4. The Morgan fingerprint density at radius 2 is 1.59 bits per heavy atom. The molecule has 0 aromatic heterocycles. The predicted octanol–water partition coefficient (Wildman–Crippen LogP) is 4.55. The minimum absolute atomic E-state index is 0.309. The first-order chi connectivity index (χ1) is 7.78. The highest BCUT2D eigenvalue weighted by Gasteiger charge is 2.13. The van der Waals surface area contributed by atoms with Crippen molar-refractivity contribution in [1.29, 1.82) is 0 Å². The van der Waals surface area contributed by atoms with E-state index in [0.717, 1.165) is 24.8 Å². The zero-order valence-electron chi connectivity index (χ0n) is 11.9. The van der Waals surface area contributed by atoms with Gasteiger partial charge in [0.25, 0.3) is 0 Å². The van der Waals surface area contributed by atoms with E-state index >= 15 is 0 Å². The lowest BCUT2D eigenvalue weighted by Crippen LogP contribution is -2.06. The quantitative estimate of drug-likeness (QED) is 0.810. The number of hydrogen-bond donors (Lipinski definition) is 1. The maximum atomic E-state index is 10.2. The second-order valence-electron chi connectivity index (χ2n) is 6.39. The molecular weight excluding hydrogens is 208 g/mol. The van der Waals surface area contributed by atoms with E-state index in [2.05, 4.69) is 52.8 Å². The van der Waals surface area contributed by atoms with Crippen molar-refractivity contribution in [3.05, 3.63) is 34.9 Å². The summed E-state index contributed by atoms with van der Waals surface area (Å²) >= 11 is 0. The van der Waals surface area contributed by atoms with Crippen molar-refractivity contribution in [3.63, 3.8) is 0 Å². The van der Waals surface area contributed by atoms with Crippen LogP contribution >= 0.6 is 0 Å². The Kier molecular flexibility index (Phi) is 4.76. The minimum Gasteiger partial charge on any atom is -0.388 e. The number of benzene rings is 1. The fourth-order valence-corrected chi connectivity index (χ4v) is 2.19. The Balaban J connectivity index is 2.55. The van der Waals surface area contributed by atoms with Crippen molar-refractivity contribution in [1.82, 2.24) is 0 Å². The average molecular weight is 234 g/mol. The van der Waals surface area contributed by atoms with Crippen LogP contribution in [0.2, 0.25) is 0 Å². The molecule has 1 heteroatoms. The molecule has 0 saturated heterocycles. The van der Waals surface area contributed by atoms with E-state index in [1.165, 1.54) is 11.1 Å². The summed E-state index contributed by atoms with van der Waals surface area (Å²) in [6.45, 7) is 10.9. The summed E-state index contributed by atoms with van der Waals surface area (Å²) in [4.78, 5) is 0. The standard InChI is InChI=1S/C16H26O/c1-12-9-13(2)11-14(10-12)15(17)7-6-8-16(3,4)5/h9-11,15,17H,6-8H2,1-5H3. The van der Waals surface area contributed by atoms with Crippen molar-refractivity contribution in [2.45, 2.75) is 60.0 Å². The van der Waals surface area contributed by atoms with Crippen LogP contribution in [0.1, 0.15) is 62.8 Å². The fourth-order valence-electron chi connectivity index (χ4n) is 2.19. The van der Waals surface area contributed by atoms with E-state index in [0.29, 0.717) is 5.41 Å². The minimum atomic E-state index is -0.309. The summed E-state index contributed by atoms with van der Waals surface area (Å²) in [6.07, 6.45) is 2.79. The van der Waals surface area contributed by atoms with Crippen LogP contribution in [-0.4, -0.2) is 5.11 Å². The van der Waals surface area contributed by atoms with Crippen LogP contribution in [0.5, 0.6) is 0 Å². The van der Waals surface area contributed by atoms with Crippen molar-refractivity contribution in [3.8, 4) is 0 Å². The average Bonchev–Trinajstić information content (AvgIpc) is 2.13. The molecule has 0 amide bonds. The number of aryl methyl sites for hydroxylation is 2. The van der Waals surface area contributed by atoms with Gasteiger partial charge in [-0.3, -0.25) is 0 Å². The Morgan fingerprint density at radius 3 is 2.06 bits per heavy atom. The monoisotopic (exact) mass is 234 g/mol. The first-order valence-corrected chi connectivity index (χ1v) is 6.54. The highest BCUT2D eigenvalue weighted by Crippen LogP contribution is 2.26. The fraction of sp³-hybridized carbons (Fsp3) is 0.625. The number of aliphatic hydroxyl groups is 1. The predicted molar refractivity (Wildman–Crippen MR) is 74.2 cm³/mol. The van der Waals surface area contributed by atoms with Crippen molar-refractivity contribution in [2.24, 2.45) is 5.41 Å². The van der Waals surface area contributed by atoms with Gasteiger partial charge in [-0.15, -0.1) is 0 Å². The maximum absolute atomic E-state index is 10.2. The molecule has 1 N–H and O–H groups in total. The molecule has 1 aromatic carbocycles. The Labute approximate surface area is 106 Å². The van der Waals surface area contributed by atoms with E-state index in [4.69, 9.17) is 0 Å². The molecule has 1 rings (SSSR count).